The molecule has 1 heterocycles. The first-order chi connectivity index (χ1) is 9.69. The van der Waals surface area contributed by atoms with E-state index in [9.17, 15) is 9.59 Å². The molecule has 0 spiro atoms. The second kappa shape index (κ2) is 7.04. The molecule has 7 nitrogen and oxygen atoms in total. The van der Waals surface area contributed by atoms with Gasteiger partial charge in [0.25, 0.3) is 5.91 Å². The molecule has 1 aliphatic carbocycles. The van der Waals surface area contributed by atoms with Gasteiger partial charge in [-0.05, 0) is 25.7 Å². The number of nitrogens with zero attached hydrogens (tertiary/aromatic N) is 1. The van der Waals surface area contributed by atoms with Gasteiger partial charge in [0.05, 0.1) is 12.5 Å². The zero-order chi connectivity index (χ0) is 14.4. The van der Waals surface area contributed by atoms with Crippen molar-refractivity contribution in [3.8, 4) is 0 Å². The van der Waals surface area contributed by atoms with Gasteiger partial charge in [-0.1, -0.05) is 0 Å². The summed E-state index contributed by atoms with van der Waals surface area (Å²) in [6.45, 7) is 0.376. The van der Waals surface area contributed by atoms with Gasteiger partial charge in [0.1, 0.15) is 5.69 Å². The van der Waals surface area contributed by atoms with Gasteiger partial charge in [-0.15, -0.1) is 0 Å². The molecule has 2 rings (SSSR count). The maximum atomic E-state index is 11.9. The molecule has 0 bridgehead atoms. The van der Waals surface area contributed by atoms with E-state index in [2.05, 4.69) is 20.6 Å². The van der Waals surface area contributed by atoms with Crippen LogP contribution in [0.15, 0.2) is 12.5 Å². The number of amides is 2. The summed E-state index contributed by atoms with van der Waals surface area (Å²) in [4.78, 5) is 29.9. The fraction of sp³-hybridized carbons (Fsp3) is 0.615. The van der Waals surface area contributed by atoms with Crippen LogP contribution in [0, 0.1) is 0 Å². The number of H-pyrrole nitrogens is 1. The number of carbonyl (C=O) groups is 2. The number of rotatable bonds is 5. The largest absolute Gasteiger partial charge is 0.353 e. The maximum Gasteiger partial charge on any atom is 0.269 e. The molecule has 1 aromatic heterocycles. The topological polar surface area (TPSA) is 113 Å². The second-order valence-electron chi connectivity index (χ2n) is 5.09. The summed E-state index contributed by atoms with van der Waals surface area (Å²) >= 11 is 0. The molecule has 0 aliphatic heterocycles. The van der Waals surface area contributed by atoms with Gasteiger partial charge < -0.3 is 21.4 Å². The standard InChI is InChI=1S/C13H21N5O2/c14-6-5-12(19)17-9-1-3-10(4-2-9)18-13(20)11-7-15-8-16-11/h7-10H,1-6,14H2,(H,15,16)(H,17,19)(H,18,20). The molecule has 0 radical (unpaired) electrons. The molecule has 1 saturated carbocycles. The minimum atomic E-state index is -0.127. The molecule has 1 aliphatic rings. The van der Waals surface area contributed by atoms with Crippen LogP contribution in [0.2, 0.25) is 0 Å². The monoisotopic (exact) mass is 279 g/mol. The Kier molecular flexibility index (Phi) is 5.11. The molecule has 5 N–H and O–H groups in total. The Morgan fingerprint density at radius 1 is 1.25 bits per heavy atom. The lowest BCUT2D eigenvalue weighted by atomic mass is 9.91. The lowest BCUT2D eigenvalue weighted by Gasteiger charge is -2.29. The van der Waals surface area contributed by atoms with Gasteiger partial charge in [-0.25, -0.2) is 4.98 Å². The second-order valence-corrected chi connectivity index (χ2v) is 5.09. The number of imidazole rings is 1. The predicted octanol–water partition coefficient (Wildman–Crippen LogP) is -0.0843. The first-order valence-electron chi connectivity index (χ1n) is 6.97. The normalized spacial score (nSPS) is 22.2. The Balaban J connectivity index is 1.71. The molecule has 20 heavy (non-hydrogen) atoms. The van der Waals surface area contributed by atoms with Gasteiger partial charge in [0.15, 0.2) is 0 Å². The Morgan fingerprint density at radius 3 is 2.45 bits per heavy atom. The predicted molar refractivity (Wildman–Crippen MR) is 73.9 cm³/mol. The van der Waals surface area contributed by atoms with Crippen LogP contribution in [0.3, 0.4) is 0 Å². The first-order valence-corrected chi connectivity index (χ1v) is 6.97. The van der Waals surface area contributed by atoms with Gasteiger partial charge in [-0.2, -0.15) is 0 Å². The zero-order valence-corrected chi connectivity index (χ0v) is 11.4. The summed E-state index contributed by atoms with van der Waals surface area (Å²) in [7, 11) is 0. The summed E-state index contributed by atoms with van der Waals surface area (Å²) in [5, 5.41) is 5.95. The molecular formula is C13H21N5O2. The molecule has 1 fully saturated rings. The van der Waals surface area contributed by atoms with Crippen molar-refractivity contribution in [1.82, 2.24) is 20.6 Å². The number of hydrogen-bond donors (Lipinski definition) is 4. The van der Waals surface area contributed by atoms with Crippen LogP contribution in [0.5, 0.6) is 0 Å². The smallest absolute Gasteiger partial charge is 0.269 e. The molecule has 0 atom stereocenters. The molecule has 0 aromatic carbocycles. The number of nitrogens with two attached hydrogens (primary N) is 1. The first kappa shape index (κ1) is 14.5. The third-order valence-electron chi connectivity index (χ3n) is 3.54. The van der Waals surface area contributed by atoms with Crippen LogP contribution in [-0.2, 0) is 4.79 Å². The van der Waals surface area contributed by atoms with Crippen LogP contribution in [0.4, 0.5) is 0 Å². The summed E-state index contributed by atoms with van der Waals surface area (Å²) in [6.07, 6.45) is 6.86. The summed E-state index contributed by atoms with van der Waals surface area (Å²) in [6, 6.07) is 0.364. The Labute approximate surface area is 117 Å². The van der Waals surface area contributed by atoms with Crippen molar-refractivity contribution in [2.24, 2.45) is 5.73 Å². The minimum Gasteiger partial charge on any atom is -0.353 e. The van der Waals surface area contributed by atoms with E-state index < -0.39 is 0 Å². The van der Waals surface area contributed by atoms with Crippen molar-refractivity contribution in [2.45, 2.75) is 44.2 Å². The molecule has 7 heteroatoms. The van der Waals surface area contributed by atoms with Crippen LogP contribution in [0.25, 0.3) is 0 Å². The van der Waals surface area contributed by atoms with Crippen molar-refractivity contribution in [3.05, 3.63) is 18.2 Å². The van der Waals surface area contributed by atoms with E-state index in [0.717, 1.165) is 25.7 Å². The van der Waals surface area contributed by atoms with Gasteiger partial charge in [-0.3, -0.25) is 9.59 Å². The summed E-state index contributed by atoms with van der Waals surface area (Å²) in [5.74, 6) is -0.115. The van der Waals surface area contributed by atoms with E-state index >= 15 is 0 Å². The van der Waals surface area contributed by atoms with E-state index in [1.807, 2.05) is 0 Å². The molecule has 0 saturated heterocycles. The Hall–Kier alpha value is -1.89. The van der Waals surface area contributed by atoms with E-state index in [4.69, 9.17) is 5.73 Å². The van der Waals surface area contributed by atoms with Gasteiger partial charge in [0, 0.05) is 25.0 Å². The van der Waals surface area contributed by atoms with Crippen molar-refractivity contribution in [3.63, 3.8) is 0 Å². The highest BCUT2D eigenvalue weighted by atomic mass is 16.2. The van der Waals surface area contributed by atoms with Crippen LogP contribution in [-0.4, -0.2) is 40.4 Å². The average Bonchev–Trinajstić information content (AvgIpc) is 2.95. The van der Waals surface area contributed by atoms with E-state index in [-0.39, 0.29) is 23.9 Å². The van der Waals surface area contributed by atoms with Crippen molar-refractivity contribution < 1.29 is 9.59 Å². The third kappa shape index (κ3) is 4.06. The van der Waals surface area contributed by atoms with Crippen molar-refractivity contribution in [1.29, 1.82) is 0 Å². The Morgan fingerprint density at radius 2 is 1.90 bits per heavy atom. The number of carbonyl (C=O) groups excluding carboxylic acids is 2. The highest BCUT2D eigenvalue weighted by molar-refractivity contribution is 5.92. The molecule has 0 unspecified atom stereocenters. The van der Waals surface area contributed by atoms with E-state index in [1.54, 1.807) is 0 Å². The van der Waals surface area contributed by atoms with Crippen LogP contribution >= 0.6 is 0 Å². The molecular weight excluding hydrogens is 258 g/mol. The van der Waals surface area contributed by atoms with Gasteiger partial charge in [0.2, 0.25) is 5.91 Å². The van der Waals surface area contributed by atoms with Crippen molar-refractivity contribution in [2.75, 3.05) is 6.54 Å². The number of hydrogen-bond acceptors (Lipinski definition) is 4. The highest BCUT2D eigenvalue weighted by Gasteiger charge is 2.23. The fourth-order valence-electron chi connectivity index (χ4n) is 2.46. The lowest BCUT2D eigenvalue weighted by molar-refractivity contribution is -0.121. The fourth-order valence-corrected chi connectivity index (χ4v) is 2.46. The SMILES string of the molecule is NCCC(=O)NC1CCC(NC(=O)c2cnc[nH]2)CC1. The van der Waals surface area contributed by atoms with E-state index in [0.29, 0.717) is 18.7 Å². The van der Waals surface area contributed by atoms with Crippen molar-refractivity contribution >= 4 is 11.8 Å². The van der Waals surface area contributed by atoms with Gasteiger partial charge >= 0.3 is 0 Å². The molecule has 1 aromatic rings. The maximum absolute atomic E-state index is 11.9. The molecule has 110 valence electrons. The summed E-state index contributed by atoms with van der Waals surface area (Å²) < 4.78 is 0. The van der Waals surface area contributed by atoms with Crippen LogP contribution in [0.1, 0.15) is 42.6 Å². The van der Waals surface area contributed by atoms with Crippen LogP contribution < -0.4 is 16.4 Å². The Bertz CT molecular complexity index is 438. The highest BCUT2D eigenvalue weighted by Crippen LogP contribution is 2.19. The molecule has 2 amide bonds. The minimum absolute atomic E-state index is 0.0115. The average molecular weight is 279 g/mol. The number of nitrogens with one attached hydrogen (secondary N) is 3. The number of aromatic nitrogens is 2. The summed E-state index contributed by atoms with van der Waals surface area (Å²) in [5.41, 5.74) is 5.82. The van der Waals surface area contributed by atoms with E-state index in [1.165, 1.54) is 12.5 Å². The quantitative estimate of drug-likeness (QED) is 0.603. The zero-order valence-electron chi connectivity index (χ0n) is 11.4. The third-order valence-corrected chi connectivity index (χ3v) is 3.54. The number of aromatic amines is 1. The lowest BCUT2D eigenvalue weighted by Crippen LogP contribution is -2.44.